The molecule has 0 radical (unpaired) electrons. The fourth-order valence-electron chi connectivity index (χ4n) is 3.48. The van der Waals surface area contributed by atoms with Crippen LogP contribution in [0.5, 0.6) is 0 Å². The zero-order chi connectivity index (χ0) is 18.8. The molecule has 0 saturated heterocycles. The van der Waals surface area contributed by atoms with Crippen LogP contribution < -0.4 is 10.6 Å². The molecular formula is C20H36N4OS. The number of aliphatic imine (C=N–C) groups is 1. The smallest absolute Gasteiger partial charge is 0.191 e. The molecule has 1 aromatic rings. The summed E-state index contributed by atoms with van der Waals surface area (Å²) in [5.74, 6) is 0.781. The van der Waals surface area contributed by atoms with Gasteiger partial charge in [0.2, 0.25) is 0 Å². The van der Waals surface area contributed by atoms with Crippen molar-refractivity contribution in [2.75, 3.05) is 33.2 Å². The Morgan fingerprint density at radius 2 is 2.12 bits per heavy atom. The van der Waals surface area contributed by atoms with E-state index in [1.807, 2.05) is 23.8 Å². The minimum absolute atomic E-state index is 0.348. The molecular weight excluding hydrogens is 344 g/mol. The average Bonchev–Trinajstić information content (AvgIpc) is 3.19. The van der Waals surface area contributed by atoms with E-state index in [4.69, 9.17) is 0 Å². The maximum atomic E-state index is 10.6. The standard InChI is InChI=1S/C20H36N4OS/c1-4-21-19(23-16-20(2,25)17-11-14-26-15-17)22-12-8-13-24(3)18-9-6-5-7-10-18/h11,14-15,18,25H,4-10,12-13,16H2,1-3H3,(H2,21,22,23). The van der Waals surface area contributed by atoms with Gasteiger partial charge < -0.3 is 20.6 Å². The van der Waals surface area contributed by atoms with Crippen LogP contribution >= 0.6 is 11.3 Å². The maximum Gasteiger partial charge on any atom is 0.191 e. The van der Waals surface area contributed by atoms with E-state index in [2.05, 4.69) is 34.5 Å². The first-order valence-electron chi connectivity index (χ1n) is 10.0. The predicted octanol–water partition coefficient (Wildman–Crippen LogP) is 3.17. The summed E-state index contributed by atoms with van der Waals surface area (Å²) < 4.78 is 0. The van der Waals surface area contributed by atoms with E-state index in [9.17, 15) is 5.11 Å². The first-order valence-corrected chi connectivity index (χ1v) is 10.9. The highest BCUT2D eigenvalue weighted by molar-refractivity contribution is 7.08. The number of guanidine groups is 1. The van der Waals surface area contributed by atoms with E-state index in [1.54, 1.807) is 11.3 Å². The van der Waals surface area contributed by atoms with Crippen molar-refractivity contribution >= 4 is 17.3 Å². The second-order valence-corrected chi connectivity index (χ2v) is 8.31. The van der Waals surface area contributed by atoms with Crippen LogP contribution in [0.3, 0.4) is 0 Å². The van der Waals surface area contributed by atoms with Gasteiger partial charge in [-0.1, -0.05) is 19.3 Å². The molecule has 2 rings (SSSR count). The highest BCUT2D eigenvalue weighted by atomic mass is 32.1. The van der Waals surface area contributed by atoms with Gasteiger partial charge in [0.05, 0.1) is 6.54 Å². The fourth-order valence-corrected chi connectivity index (χ4v) is 4.26. The Hall–Kier alpha value is -1.11. The molecule has 3 N–H and O–H groups in total. The summed E-state index contributed by atoms with van der Waals surface area (Å²) in [7, 11) is 2.26. The molecule has 0 aromatic carbocycles. The van der Waals surface area contributed by atoms with Crippen LogP contribution in [0.2, 0.25) is 0 Å². The number of nitrogens with one attached hydrogen (secondary N) is 2. The maximum absolute atomic E-state index is 10.6. The highest BCUT2D eigenvalue weighted by Gasteiger charge is 2.23. The molecule has 5 nitrogen and oxygen atoms in total. The Kier molecular flexibility index (Phi) is 8.88. The third-order valence-corrected chi connectivity index (χ3v) is 5.89. The third kappa shape index (κ3) is 6.89. The van der Waals surface area contributed by atoms with Crippen molar-refractivity contribution in [3.63, 3.8) is 0 Å². The topological polar surface area (TPSA) is 59.9 Å². The van der Waals surface area contributed by atoms with Gasteiger partial charge in [-0.3, -0.25) is 0 Å². The zero-order valence-corrected chi connectivity index (χ0v) is 17.4. The van der Waals surface area contributed by atoms with Crippen LogP contribution in [0.4, 0.5) is 0 Å². The van der Waals surface area contributed by atoms with Crippen LogP contribution in [-0.2, 0) is 5.60 Å². The molecule has 0 bridgehead atoms. The minimum Gasteiger partial charge on any atom is -0.383 e. The first kappa shape index (κ1) is 21.2. The molecule has 1 saturated carbocycles. The molecule has 0 spiro atoms. The van der Waals surface area contributed by atoms with E-state index >= 15 is 0 Å². The van der Waals surface area contributed by atoms with E-state index in [0.29, 0.717) is 6.54 Å². The second kappa shape index (κ2) is 10.9. The van der Waals surface area contributed by atoms with Crippen LogP contribution in [0, 0.1) is 0 Å². The van der Waals surface area contributed by atoms with Crippen molar-refractivity contribution in [3.05, 3.63) is 22.4 Å². The van der Waals surface area contributed by atoms with Gasteiger partial charge in [-0.05, 0) is 69.1 Å². The number of hydrogen-bond acceptors (Lipinski definition) is 4. The van der Waals surface area contributed by atoms with Gasteiger partial charge >= 0.3 is 0 Å². The quantitative estimate of drug-likeness (QED) is 0.350. The molecule has 1 aliphatic rings. The van der Waals surface area contributed by atoms with Gasteiger partial charge in [-0.2, -0.15) is 11.3 Å². The largest absolute Gasteiger partial charge is 0.383 e. The lowest BCUT2D eigenvalue weighted by Crippen LogP contribution is -2.40. The molecule has 1 atom stereocenters. The van der Waals surface area contributed by atoms with Crippen molar-refractivity contribution in [1.82, 2.24) is 15.5 Å². The number of rotatable bonds is 9. The van der Waals surface area contributed by atoms with Crippen molar-refractivity contribution in [1.29, 1.82) is 0 Å². The van der Waals surface area contributed by atoms with Gasteiger partial charge in [0, 0.05) is 19.1 Å². The fraction of sp³-hybridized carbons (Fsp3) is 0.750. The summed E-state index contributed by atoms with van der Waals surface area (Å²) in [5, 5.41) is 21.3. The second-order valence-electron chi connectivity index (χ2n) is 7.53. The van der Waals surface area contributed by atoms with Crippen molar-refractivity contribution in [3.8, 4) is 0 Å². The number of hydrogen-bond donors (Lipinski definition) is 3. The molecule has 6 heteroatoms. The predicted molar refractivity (Wildman–Crippen MR) is 112 cm³/mol. The van der Waals surface area contributed by atoms with Crippen molar-refractivity contribution < 1.29 is 5.11 Å². The van der Waals surface area contributed by atoms with Gasteiger partial charge in [-0.15, -0.1) is 0 Å². The number of aliphatic hydroxyl groups is 1. The molecule has 1 unspecified atom stereocenters. The van der Waals surface area contributed by atoms with Gasteiger partial charge in [0.1, 0.15) is 5.60 Å². The molecule has 26 heavy (non-hydrogen) atoms. The Morgan fingerprint density at radius 3 is 2.77 bits per heavy atom. The van der Waals surface area contributed by atoms with Crippen LogP contribution in [0.1, 0.15) is 57.9 Å². The Labute approximate surface area is 162 Å². The summed E-state index contributed by atoms with van der Waals surface area (Å²) in [6.45, 7) is 7.05. The third-order valence-electron chi connectivity index (χ3n) is 5.21. The Balaban J connectivity index is 1.74. The van der Waals surface area contributed by atoms with Crippen molar-refractivity contribution in [2.24, 2.45) is 4.99 Å². The van der Waals surface area contributed by atoms with Gasteiger partial charge in [0.25, 0.3) is 0 Å². The lowest BCUT2D eigenvalue weighted by molar-refractivity contribution is 0.0677. The van der Waals surface area contributed by atoms with E-state index in [0.717, 1.165) is 43.6 Å². The number of nitrogens with zero attached hydrogens (tertiary/aromatic N) is 2. The molecule has 1 aromatic heterocycles. The monoisotopic (exact) mass is 380 g/mol. The molecule has 1 heterocycles. The summed E-state index contributed by atoms with van der Waals surface area (Å²) in [5.41, 5.74) is 0.00000944. The zero-order valence-electron chi connectivity index (χ0n) is 16.6. The normalized spacial score (nSPS) is 18.7. The summed E-state index contributed by atoms with van der Waals surface area (Å²) in [6.07, 6.45) is 7.97. The van der Waals surface area contributed by atoms with Gasteiger partial charge in [0.15, 0.2) is 5.96 Å². The van der Waals surface area contributed by atoms with Crippen molar-refractivity contribution in [2.45, 2.75) is 64.0 Å². The molecule has 0 aliphatic heterocycles. The van der Waals surface area contributed by atoms with E-state index in [1.165, 1.54) is 32.1 Å². The summed E-state index contributed by atoms with van der Waals surface area (Å²) >= 11 is 1.60. The molecule has 0 amide bonds. The highest BCUT2D eigenvalue weighted by Crippen LogP contribution is 2.23. The first-order chi connectivity index (χ1) is 12.5. The molecule has 1 aliphatic carbocycles. The summed E-state index contributed by atoms with van der Waals surface area (Å²) in [4.78, 5) is 7.10. The van der Waals surface area contributed by atoms with Crippen LogP contribution in [0.15, 0.2) is 21.8 Å². The Morgan fingerprint density at radius 1 is 1.35 bits per heavy atom. The lowest BCUT2D eigenvalue weighted by atomic mass is 9.94. The van der Waals surface area contributed by atoms with E-state index < -0.39 is 5.60 Å². The van der Waals surface area contributed by atoms with Gasteiger partial charge in [-0.25, -0.2) is 4.99 Å². The summed E-state index contributed by atoms with van der Waals surface area (Å²) in [6, 6.07) is 2.73. The van der Waals surface area contributed by atoms with Crippen LogP contribution in [0.25, 0.3) is 0 Å². The Bertz CT molecular complexity index is 524. The van der Waals surface area contributed by atoms with E-state index in [-0.39, 0.29) is 0 Å². The van der Waals surface area contributed by atoms with Crippen LogP contribution in [-0.4, -0.2) is 55.2 Å². The SMILES string of the molecule is CCNC(=NCC(C)(O)c1ccsc1)NCCCN(C)C1CCCCC1. The molecule has 1 fully saturated rings. The lowest BCUT2D eigenvalue weighted by Gasteiger charge is -2.31. The average molecular weight is 381 g/mol. The molecule has 148 valence electrons. The minimum atomic E-state index is -0.927. The number of thiophene rings is 1.